The van der Waals surface area contributed by atoms with Gasteiger partial charge in [0.05, 0.1) is 15.7 Å². The van der Waals surface area contributed by atoms with Crippen LogP contribution in [0.15, 0.2) is 34.1 Å². The molecule has 1 aromatic rings. The Bertz CT molecular complexity index is 807. The van der Waals surface area contributed by atoms with Gasteiger partial charge in [-0.3, -0.25) is 0 Å². The molecule has 1 aliphatic rings. The molecule has 136 valence electrons. The number of hydrogen-bond donors (Lipinski definition) is 2. The summed E-state index contributed by atoms with van der Waals surface area (Å²) in [7, 11) is -8.43. The number of nitrogens with two attached hydrogens (primary N) is 1. The molecular weight excluding hydrogens is 369 g/mol. The van der Waals surface area contributed by atoms with E-state index in [1.165, 1.54) is 0 Å². The molecule has 0 heterocycles. The Kier molecular flexibility index (Phi) is 5.28. The van der Waals surface area contributed by atoms with Gasteiger partial charge in [0.15, 0.2) is 0 Å². The molecule has 2 rings (SSSR count). The molecule has 0 unspecified atom stereocenters. The van der Waals surface area contributed by atoms with Crippen molar-refractivity contribution in [1.29, 1.82) is 0 Å². The van der Waals surface area contributed by atoms with Crippen LogP contribution in [0.3, 0.4) is 0 Å². The lowest BCUT2D eigenvalue weighted by Gasteiger charge is -2.33. The van der Waals surface area contributed by atoms with E-state index in [0.29, 0.717) is 12.8 Å². The molecule has 2 atom stereocenters. The number of sulfonamides is 2. The van der Waals surface area contributed by atoms with Crippen LogP contribution in [0.5, 0.6) is 0 Å². The van der Waals surface area contributed by atoms with Crippen molar-refractivity contribution in [2.24, 2.45) is 11.1 Å². The quantitative estimate of drug-likeness (QED) is 0.822. The van der Waals surface area contributed by atoms with E-state index < -0.39 is 48.0 Å². The van der Waals surface area contributed by atoms with Crippen LogP contribution in [0.25, 0.3) is 0 Å². The Balaban J connectivity index is 2.31. The first-order valence-electron chi connectivity index (χ1n) is 7.13. The minimum atomic E-state index is -4.50. The topological polar surface area (TPSA) is 106 Å². The Labute approximate surface area is 138 Å². The van der Waals surface area contributed by atoms with Crippen molar-refractivity contribution in [1.82, 2.24) is 4.72 Å². The predicted molar refractivity (Wildman–Crippen MR) is 79.9 cm³/mol. The summed E-state index contributed by atoms with van der Waals surface area (Å²) in [6, 6.07) is 2.91. The van der Waals surface area contributed by atoms with E-state index in [0.717, 1.165) is 24.3 Å². The zero-order valence-corrected chi connectivity index (χ0v) is 14.1. The molecule has 0 radical (unpaired) electrons. The van der Waals surface area contributed by atoms with Crippen molar-refractivity contribution in [3.63, 3.8) is 0 Å². The summed E-state index contributed by atoms with van der Waals surface area (Å²) in [5.41, 5.74) is 0. The highest BCUT2D eigenvalue weighted by Gasteiger charge is 2.46. The van der Waals surface area contributed by atoms with Gasteiger partial charge in [-0.1, -0.05) is 18.9 Å². The summed E-state index contributed by atoms with van der Waals surface area (Å²) < 4.78 is 88.5. The highest BCUT2D eigenvalue weighted by molar-refractivity contribution is 7.90. The van der Waals surface area contributed by atoms with Crippen LogP contribution in [-0.4, -0.2) is 29.1 Å². The minimum absolute atomic E-state index is 0.0677. The number of benzene rings is 1. The molecule has 0 aliphatic heterocycles. The minimum Gasteiger partial charge on any atom is -0.225 e. The Morgan fingerprint density at radius 3 is 2.21 bits per heavy atom. The van der Waals surface area contributed by atoms with Crippen LogP contribution in [0.2, 0.25) is 0 Å². The second-order valence-electron chi connectivity index (χ2n) is 5.68. The van der Waals surface area contributed by atoms with Crippen LogP contribution in [-0.2, 0) is 20.0 Å². The molecule has 0 bridgehead atoms. The van der Waals surface area contributed by atoms with Crippen LogP contribution in [0.1, 0.15) is 25.7 Å². The summed E-state index contributed by atoms with van der Waals surface area (Å²) in [4.78, 5) is -0.873. The van der Waals surface area contributed by atoms with Gasteiger partial charge >= 0.3 is 6.18 Å². The maximum Gasteiger partial charge on any atom is 0.393 e. The van der Waals surface area contributed by atoms with Gasteiger partial charge in [0.2, 0.25) is 20.0 Å². The van der Waals surface area contributed by atoms with Crippen molar-refractivity contribution >= 4 is 20.0 Å². The van der Waals surface area contributed by atoms with E-state index in [9.17, 15) is 30.0 Å². The summed E-state index contributed by atoms with van der Waals surface area (Å²) in [6.07, 6.45) is -3.72. The summed E-state index contributed by atoms with van der Waals surface area (Å²) in [5.74, 6) is -1.76. The first-order valence-corrected chi connectivity index (χ1v) is 10.2. The molecule has 0 amide bonds. The van der Waals surface area contributed by atoms with Crippen molar-refractivity contribution in [2.75, 3.05) is 0 Å². The zero-order chi connectivity index (χ0) is 18.2. The summed E-state index contributed by atoms with van der Waals surface area (Å²) in [6.45, 7) is 0. The first kappa shape index (κ1) is 19.2. The van der Waals surface area contributed by atoms with E-state index >= 15 is 0 Å². The fourth-order valence-corrected chi connectivity index (χ4v) is 4.74. The Morgan fingerprint density at radius 2 is 1.62 bits per heavy atom. The number of nitrogens with one attached hydrogen (secondary N) is 1. The van der Waals surface area contributed by atoms with Gasteiger partial charge in [0.1, 0.15) is 0 Å². The van der Waals surface area contributed by atoms with Crippen molar-refractivity contribution < 1.29 is 30.0 Å². The molecule has 1 aromatic carbocycles. The highest BCUT2D eigenvalue weighted by atomic mass is 32.2. The normalized spacial score (nSPS) is 23.2. The van der Waals surface area contributed by atoms with Gasteiger partial charge < -0.3 is 0 Å². The number of alkyl halides is 3. The highest BCUT2D eigenvalue weighted by Crippen LogP contribution is 2.38. The number of hydrogen-bond acceptors (Lipinski definition) is 4. The van der Waals surface area contributed by atoms with Crippen molar-refractivity contribution in [2.45, 2.75) is 47.7 Å². The zero-order valence-electron chi connectivity index (χ0n) is 12.5. The number of primary sulfonamides is 1. The average molecular weight is 386 g/mol. The fraction of sp³-hybridized carbons (Fsp3) is 0.538. The molecule has 11 heteroatoms. The molecule has 1 fully saturated rings. The third-order valence-corrected chi connectivity index (χ3v) is 6.34. The van der Waals surface area contributed by atoms with Gasteiger partial charge in [-0.05, 0) is 31.0 Å². The fourth-order valence-electron chi connectivity index (χ4n) is 2.75. The first-order chi connectivity index (χ1) is 10.9. The molecule has 6 nitrogen and oxygen atoms in total. The Hall–Kier alpha value is -1.17. The summed E-state index contributed by atoms with van der Waals surface area (Å²) in [5, 5.41) is 4.94. The maximum absolute atomic E-state index is 13.1. The molecular formula is C13H17F3N2O4S2. The molecule has 0 spiro atoms. The number of halogens is 3. The van der Waals surface area contributed by atoms with Crippen LogP contribution >= 0.6 is 0 Å². The molecule has 1 saturated carbocycles. The summed E-state index contributed by atoms with van der Waals surface area (Å²) >= 11 is 0. The predicted octanol–water partition coefficient (Wildman–Crippen LogP) is 1.73. The number of rotatable bonds is 4. The monoisotopic (exact) mass is 386 g/mol. The second kappa shape index (κ2) is 6.62. The van der Waals surface area contributed by atoms with Crippen LogP contribution in [0.4, 0.5) is 13.2 Å². The van der Waals surface area contributed by atoms with E-state index in [1.54, 1.807) is 0 Å². The maximum atomic E-state index is 13.1. The lowest BCUT2D eigenvalue weighted by molar-refractivity contribution is -0.187. The lowest BCUT2D eigenvalue weighted by Crippen LogP contribution is -2.47. The van der Waals surface area contributed by atoms with Crippen molar-refractivity contribution in [3.05, 3.63) is 24.3 Å². The van der Waals surface area contributed by atoms with Gasteiger partial charge in [0, 0.05) is 6.04 Å². The van der Waals surface area contributed by atoms with Crippen LogP contribution < -0.4 is 9.86 Å². The smallest absolute Gasteiger partial charge is 0.225 e. The molecule has 3 N–H and O–H groups in total. The second-order valence-corrected chi connectivity index (χ2v) is 8.96. The third kappa shape index (κ3) is 4.47. The van der Waals surface area contributed by atoms with Gasteiger partial charge in [-0.2, -0.15) is 13.2 Å². The molecule has 24 heavy (non-hydrogen) atoms. The van der Waals surface area contributed by atoms with E-state index in [2.05, 4.69) is 4.72 Å². The van der Waals surface area contributed by atoms with E-state index in [1.807, 2.05) is 0 Å². The van der Waals surface area contributed by atoms with Gasteiger partial charge in [0.25, 0.3) is 0 Å². The Morgan fingerprint density at radius 1 is 1.04 bits per heavy atom. The van der Waals surface area contributed by atoms with Gasteiger partial charge in [-0.15, -0.1) is 0 Å². The van der Waals surface area contributed by atoms with Crippen LogP contribution in [0, 0.1) is 5.92 Å². The largest absolute Gasteiger partial charge is 0.393 e. The average Bonchev–Trinajstić information content (AvgIpc) is 2.45. The standard InChI is InChI=1S/C13H17F3N2O4S2/c14-13(15,16)11-6-1-2-7-12(11)18-24(21,22)10-5-3-4-9(8-10)23(17,19)20/h3-5,8,11-12,18H,1-2,6-7H2,(H2,17,19,20)/t11-,12+/m1/s1. The van der Waals surface area contributed by atoms with E-state index in [4.69, 9.17) is 5.14 Å². The molecule has 1 aliphatic carbocycles. The van der Waals surface area contributed by atoms with Crippen molar-refractivity contribution in [3.8, 4) is 0 Å². The SMILES string of the molecule is NS(=O)(=O)c1cccc(S(=O)(=O)N[C@H]2CCCC[C@H]2C(F)(F)F)c1. The molecule has 0 aromatic heterocycles. The van der Waals surface area contributed by atoms with Gasteiger partial charge in [-0.25, -0.2) is 26.7 Å². The lowest BCUT2D eigenvalue weighted by atomic mass is 9.85. The third-order valence-electron chi connectivity index (χ3n) is 3.94. The molecule has 0 saturated heterocycles. The van der Waals surface area contributed by atoms with E-state index in [-0.39, 0.29) is 12.8 Å².